The Morgan fingerprint density at radius 2 is 1.90 bits per heavy atom. The van der Waals surface area contributed by atoms with E-state index in [9.17, 15) is 4.79 Å². The van der Waals surface area contributed by atoms with E-state index in [2.05, 4.69) is 53.5 Å². The fourth-order valence-electron chi connectivity index (χ4n) is 3.70. The summed E-state index contributed by atoms with van der Waals surface area (Å²) >= 11 is 3.86. The van der Waals surface area contributed by atoms with E-state index in [0.717, 1.165) is 64.6 Å². The zero-order chi connectivity index (χ0) is 21.1. The van der Waals surface area contributed by atoms with Gasteiger partial charge in [0.25, 0.3) is 5.91 Å². The highest BCUT2D eigenvalue weighted by atomic mass is 127. The van der Waals surface area contributed by atoms with Crippen molar-refractivity contribution in [1.29, 1.82) is 0 Å². The lowest BCUT2D eigenvalue weighted by atomic mass is 10.1. The Morgan fingerprint density at radius 1 is 1.17 bits per heavy atom. The minimum atomic E-state index is 0.0244. The molecule has 158 valence electrons. The second kappa shape index (κ2) is 9.72. The Kier molecular flexibility index (Phi) is 7.02. The first-order valence-electron chi connectivity index (χ1n) is 10.3. The van der Waals surface area contributed by atoms with Crippen LogP contribution in [-0.4, -0.2) is 55.2 Å². The molecule has 1 aliphatic rings. The third kappa shape index (κ3) is 4.69. The molecule has 0 radical (unpaired) electrons. The molecule has 0 aliphatic carbocycles. The van der Waals surface area contributed by atoms with Crippen molar-refractivity contribution in [3.63, 3.8) is 0 Å². The molecule has 5 nitrogen and oxygen atoms in total. The van der Waals surface area contributed by atoms with Gasteiger partial charge in [0.15, 0.2) is 5.13 Å². The lowest BCUT2D eigenvalue weighted by molar-refractivity contribution is 0.0376. The van der Waals surface area contributed by atoms with Crippen LogP contribution in [0.2, 0.25) is 0 Å². The Balaban J connectivity index is 1.63. The lowest BCUT2D eigenvalue weighted by Crippen LogP contribution is -2.39. The molecule has 2 aromatic carbocycles. The Morgan fingerprint density at radius 3 is 2.63 bits per heavy atom. The predicted molar refractivity (Wildman–Crippen MR) is 132 cm³/mol. The molecule has 0 unspecified atom stereocenters. The van der Waals surface area contributed by atoms with Gasteiger partial charge in [0, 0.05) is 29.7 Å². The summed E-state index contributed by atoms with van der Waals surface area (Å²) in [7, 11) is 0. The molecule has 0 saturated carbocycles. The number of hydrogen-bond donors (Lipinski definition) is 0. The number of anilines is 1. The van der Waals surface area contributed by atoms with Crippen molar-refractivity contribution in [3.05, 3.63) is 56.7 Å². The number of morpholine rings is 1. The lowest BCUT2D eigenvalue weighted by Gasteiger charge is -2.27. The fourth-order valence-corrected chi connectivity index (χ4v) is 5.46. The molecule has 3 aromatic rings. The van der Waals surface area contributed by atoms with Crippen molar-refractivity contribution < 1.29 is 9.53 Å². The summed E-state index contributed by atoms with van der Waals surface area (Å²) in [5.74, 6) is 0.0244. The number of thiazole rings is 1. The number of nitrogens with zero attached hydrogens (tertiary/aromatic N) is 3. The molecule has 1 fully saturated rings. The van der Waals surface area contributed by atoms with E-state index in [0.29, 0.717) is 6.54 Å². The standard InChI is InChI=1S/C23H26IN3O2S/c1-16-8-9-17(2)21-20(16)25-23(30-21)27(11-5-10-26-12-14-29-15-13-26)22(28)18-6-3-4-7-19(18)24/h3-4,6-9H,5,10-15H2,1-2H3. The van der Waals surface area contributed by atoms with Crippen LogP contribution in [0.15, 0.2) is 36.4 Å². The van der Waals surface area contributed by atoms with Crippen molar-refractivity contribution in [2.45, 2.75) is 20.3 Å². The molecule has 0 bridgehead atoms. The minimum absolute atomic E-state index is 0.0244. The Hall–Kier alpha value is -1.55. The van der Waals surface area contributed by atoms with E-state index in [1.807, 2.05) is 29.2 Å². The molecule has 7 heteroatoms. The van der Waals surface area contributed by atoms with Crippen LogP contribution < -0.4 is 4.90 Å². The van der Waals surface area contributed by atoms with Crippen LogP contribution in [0.4, 0.5) is 5.13 Å². The van der Waals surface area contributed by atoms with Crippen LogP contribution in [-0.2, 0) is 4.74 Å². The normalized spacial score (nSPS) is 14.9. The first-order chi connectivity index (χ1) is 14.5. The molecule has 1 saturated heterocycles. The van der Waals surface area contributed by atoms with Crippen molar-refractivity contribution in [2.24, 2.45) is 0 Å². The maximum absolute atomic E-state index is 13.5. The van der Waals surface area contributed by atoms with E-state index >= 15 is 0 Å². The molecule has 1 amide bonds. The molecule has 30 heavy (non-hydrogen) atoms. The van der Waals surface area contributed by atoms with Crippen LogP contribution in [0.1, 0.15) is 27.9 Å². The number of aryl methyl sites for hydroxylation is 2. The van der Waals surface area contributed by atoms with Gasteiger partial charge in [0.1, 0.15) is 0 Å². The third-order valence-electron chi connectivity index (χ3n) is 5.47. The zero-order valence-electron chi connectivity index (χ0n) is 17.4. The van der Waals surface area contributed by atoms with E-state index in [1.54, 1.807) is 11.3 Å². The summed E-state index contributed by atoms with van der Waals surface area (Å²) < 4.78 is 7.58. The molecule has 1 aliphatic heterocycles. The van der Waals surface area contributed by atoms with E-state index in [4.69, 9.17) is 9.72 Å². The van der Waals surface area contributed by atoms with Gasteiger partial charge in [-0.3, -0.25) is 14.6 Å². The molecule has 2 heterocycles. The second-order valence-electron chi connectivity index (χ2n) is 7.62. The molecule has 0 spiro atoms. The number of carbonyl (C=O) groups is 1. The summed E-state index contributed by atoms with van der Waals surface area (Å²) in [6.07, 6.45) is 0.906. The molecule has 4 rings (SSSR count). The van der Waals surface area contributed by atoms with Crippen molar-refractivity contribution in [3.8, 4) is 0 Å². The number of ether oxygens (including phenoxy) is 1. The van der Waals surface area contributed by atoms with Crippen LogP contribution >= 0.6 is 33.9 Å². The molecular formula is C23H26IN3O2S. The van der Waals surface area contributed by atoms with Gasteiger partial charge < -0.3 is 4.74 Å². The smallest absolute Gasteiger partial charge is 0.261 e. The topological polar surface area (TPSA) is 45.7 Å². The predicted octanol–water partition coefficient (Wildman–Crippen LogP) is 4.89. The van der Waals surface area contributed by atoms with Crippen LogP contribution in [0.25, 0.3) is 10.2 Å². The third-order valence-corrected chi connectivity index (χ3v) is 7.63. The number of benzene rings is 2. The average molecular weight is 535 g/mol. The number of rotatable bonds is 6. The number of amides is 1. The van der Waals surface area contributed by atoms with Crippen molar-refractivity contribution in [2.75, 3.05) is 44.3 Å². The number of carbonyl (C=O) groups excluding carboxylic acids is 1. The largest absolute Gasteiger partial charge is 0.379 e. The van der Waals surface area contributed by atoms with Crippen molar-refractivity contribution >= 4 is 55.2 Å². The van der Waals surface area contributed by atoms with Gasteiger partial charge in [-0.15, -0.1) is 0 Å². The zero-order valence-corrected chi connectivity index (χ0v) is 20.3. The van der Waals surface area contributed by atoms with Gasteiger partial charge in [-0.25, -0.2) is 4.98 Å². The summed E-state index contributed by atoms with van der Waals surface area (Å²) in [4.78, 5) is 22.7. The first-order valence-corrected chi connectivity index (χ1v) is 12.2. The Labute approximate surface area is 195 Å². The average Bonchev–Trinajstić information content (AvgIpc) is 3.21. The van der Waals surface area contributed by atoms with Gasteiger partial charge >= 0.3 is 0 Å². The molecule has 0 N–H and O–H groups in total. The summed E-state index contributed by atoms with van der Waals surface area (Å²) in [5.41, 5.74) is 4.09. The Bertz CT molecular complexity index is 1010. The summed E-state index contributed by atoms with van der Waals surface area (Å²) in [6, 6.07) is 12.0. The SMILES string of the molecule is Cc1ccc(C)c2sc(N(CCCN3CCOCC3)C(=O)c3ccccc3I)nc12. The quantitative estimate of drug-likeness (QED) is 0.422. The fraction of sp³-hybridized carbons (Fsp3) is 0.391. The first kappa shape index (κ1) is 21.7. The number of fused-ring (bicyclic) bond motifs is 1. The number of hydrogen-bond acceptors (Lipinski definition) is 5. The maximum atomic E-state index is 13.5. The number of aromatic nitrogens is 1. The molecule has 1 aromatic heterocycles. The van der Waals surface area contributed by atoms with E-state index in [-0.39, 0.29) is 5.91 Å². The maximum Gasteiger partial charge on any atom is 0.261 e. The highest BCUT2D eigenvalue weighted by molar-refractivity contribution is 14.1. The van der Waals surface area contributed by atoms with Crippen LogP contribution in [0.3, 0.4) is 0 Å². The van der Waals surface area contributed by atoms with Gasteiger partial charge in [0.2, 0.25) is 0 Å². The van der Waals surface area contributed by atoms with Gasteiger partial charge in [-0.2, -0.15) is 0 Å². The second-order valence-corrected chi connectivity index (χ2v) is 9.76. The minimum Gasteiger partial charge on any atom is -0.379 e. The summed E-state index contributed by atoms with van der Waals surface area (Å²) in [6.45, 7) is 9.31. The monoisotopic (exact) mass is 535 g/mol. The van der Waals surface area contributed by atoms with E-state index < -0.39 is 0 Å². The highest BCUT2D eigenvalue weighted by Crippen LogP contribution is 2.34. The van der Waals surface area contributed by atoms with Crippen LogP contribution in [0, 0.1) is 17.4 Å². The van der Waals surface area contributed by atoms with Gasteiger partial charge in [-0.1, -0.05) is 35.6 Å². The van der Waals surface area contributed by atoms with Gasteiger partial charge in [-0.05, 0) is 66.1 Å². The number of halogens is 1. The van der Waals surface area contributed by atoms with Gasteiger partial charge in [0.05, 0.1) is 29.0 Å². The van der Waals surface area contributed by atoms with Crippen molar-refractivity contribution in [1.82, 2.24) is 9.88 Å². The van der Waals surface area contributed by atoms with Crippen LogP contribution in [0.5, 0.6) is 0 Å². The van der Waals surface area contributed by atoms with E-state index in [1.165, 1.54) is 10.3 Å². The molecular weight excluding hydrogens is 509 g/mol. The highest BCUT2D eigenvalue weighted by Gasteiger charge is 2.24. The molecule has 0 atom stereocenters. The summed E-state index contributed by atoms with van der Waals surface area (Å²) in [5, 5.41) is 0.786.